The van der Waals surface area contributed by atoms with Gasteiger partial charge in [0.05, 0.1) is 11.4 Å². The van der Waals surface area contributed by atoms with Gasteiger partial charge in [-0.2, -0.15) is 5.10 Å². The molecule has 1 aliphatic rings. The summed E-state index contributed by atoms with van der Waals surface area (Å²) in [4.78, 5) is 2.30. The van der Waals surface area contributed by atoms with Gasteiger partial charge in [0.15, 0.2) is 0 Å². The van der Waals surface area contributed by atoms with Gasteiger partial charge in [0, 0.05) is 39.5 Å². The molecular weight excluding hydrogens is 673 g/mol. The first-order valence-electron chi connectivity index (χ1n) is 18.4. The Morgan fingerprint density at radius 2 is 1.11 bits per heavy atom. The molecule has 1 aliphatic carbocycles. The van der Waals surface area contributed by atoms with E-state index in [0.29, 0.717) is 11.4 Å². The second-order valence-corrected chi connectivity index (χ2v) is 13.7. The first-order valence-corrected chi connectivity index (χ1v) is 18.4. The average molecular weight is 707 g/mol. The second kappa shape index (κ2) is 13.5. The Bertz CT molecular complexity index is 2980. The first-order chi connectivity index (χ1) is 27.2. The molecule has 0 amide bonds. The lowest BCUT2D eigenvalue weighted by Crippen LogP contribution is -2.19. The van der Waals surface area contributed by atoms with Gasteiger partial charge in [0.1, 0.15) is 16.9 Å². The fourth-order valence-electron chi connectivity index (χ4n) is 7.64. The van der Waals surface area contributed by atoms with E-state index in [9.17, 15) is 0 Å². The zero-order chi connectivity index (χ0) is 36.7. The van der Waals surface area contributed by atoms with Crippen molar-refractivity contribution in [1.82, 2.24) is 0 Å². The Labute approximate surface area is 318 Å². The largest absolute Gasteiger partial charge is 0.456 e. The van der Waals surface area contributed by atoms with Crippen molar-refractivity contribution >= 4 is 73.0 Å². The predicted molar refractivity (Wildman–Crippen MR) is 230 cm³/mol. The molecule has 0 aliphatic heterocycles. The molecule has 1 heterocycles. The molecule has 0 radical (unpaired) electrons. The second-order valence-electron chi connectivity index (χ2n) is 13.7. The summed E-state index contributed by atoms with van der Waals surface area (Å²) in [7, 11) is 0. The number of allylic oxidation sites excluding steroid dienone is 1. The lowest BCUT2D eigenvalue weighted by atomic mass is 9.88. The molecule has 5 heteroatoms. The number of anilines is 4. The minimum Gasteiger partial charge on any atom is -0.456 e. The van der Waals surface area contributed by atoms with Crippen LogP contribution >= 0.6 is 0 Å². The molecule has 0 spiro atoms. The van der Waals surface area contributed by atoms with Gasteiger partial charge in [-0.3, -0.25) is 10.8 Å². The van der Waals surface area contributed by atoms with Gasteiger partial charge in [-0.1, -0.05) is 121 Å². The van der Waals surface area contributed by atoms with Crippen molar-refractivity contribution in [2.24, 2.45) is 5.10 Å². The van der Waals surface area contributed by atoms with Crippen LogP contribution < -0.4 is 10.3 Å². The number of hydrazone groups is 1. The third-order valence-electron chi connectivity index (χ3n) is 10.3. The summed E-state index contributed by atoms with van der Waals surface area (Å²) in [6.07, 6.45) is 3.82. The van der Waals surface area contributed by atoms with Crippen molar-refractivity contribution in [3.05, 3.63) is 199 Å². The van der Waals surface area contributed by atoms with E-state index >= 15 is 0 Å². The number of hydrogen-bond acceptors (Lipinski definition) is 5. The fraction of sp³-hybridized carbons (Fsp3) is 0. The molecule has 1 aromatic heterocycles. The monoisotopic (exact) mass is 706 g/mol. The molecule has 8 aromatic carbocycles. The number of rotatable bonds is 7. The highest BCUT2D eigenvalue weighted by Gasteiger charge is 2.21. The van der Waals surface area contributed by atoms with Crippen LogP contribution in [-0.2, 0) is 0 Å². The van der Waals surface area contributed by atoms with Crippen LogP contribution in [0.3, 0.4) is 0 Å². The Hall–Kier alpha value is -7.50. The Morgan fingerprint density at radius 3 is 1.91 bits per heavy atom. The molecular formula is C50H34N4O. The number of hydrogen-bond donors (Lipinski definition) is 2. The van der Waals surface area contributed by atoms with Crippen LogP contribution in [0.15, 0.2) is 198 Å². The summed E-state index contributed by atoms with van der Waals surface area (Å²) in [6, 6.07) is 63.3. The summed E-state index contributed by atoms with van der Waals surface area (Å²) in [5, 5.41) is 18.0. The summed E-state index contributed by atoms with van der Waals surface area (Å²) in [5.41, 5.74) is 16.3. The van der Waals surface area contributed by atoms with Crippen LogP contribution in [0.2, 0.25) is 0 Å². The number of fused-ring (bicyclic) bond motifs is 6. The topological polar surface area (TPSA) is 64.6 Å². The highest BCUT2D eigenvalue weighted by molar-refractivity contribution is 6.55. The molecule has 260 valence electrons. The van der Waals surface area contributed by atoms with E-state index in [2.05, 4.69) is 144 Å². The number of furan rings is 1. The normalized spacial score (nSPS) is 13.1. The molecule has 0 saturated heterocycles. The molecule has 10 rings (SSSR count). The van der Waals surface area contributed by atoms with Crippen LogP contribution in [0.5, 0.6) is 0 Å². The molecule has 0 fully saturated rings. The molecule has 0 saturated carbocycles. The number of benzene rings is 8. The maximum Gasteiger partial charge on any atom is 0.137 e. The van der Waals surface area contributed by atoms with Crippen molar-refractivity contribution in [2.75, 3.05) is 10.3 Å². The van der Waals surface area contributed by atoms with Crippen LogP contribution in [-0.4, -0.2) is 11.4 Å². The fourth-order valence-corrected chi connectivity index (χ4v) is 7.64. The molecule has 0 unspecified atom stereocenters. The van der Waals surface area contributed by atoms with Gasteiger partial charge < -0.3 is 9.32 Å². The van der Waals surface area contributed by atoms with Crippen molar-refractivity contribution in [3.63, 3.8) is 0 Å². The van der Waals surface area contributed by atoms with Gasteiger partial charge >= 0.3 is 0 Å². The Balaban J connectivity index is 1.11. The molecule has 0 bridgehead atoms. The molecule has 5 nitrogen and oxygen atoms in total. The Morgan fingerprint density at radius 1 is 0.473 bits per heavy atom. The summed E-state index contributed by atoms with van der Waals surface area (Å²) < 4.78 is 6.39. The third kappa shape index (κ3) is 5.94. The molecule has 55 heavy (non-hydrogen) atoms. The van der Waals surface area contributed by atoms with Gasteiger partial charge in [0.25, 0.3) is 0 Å². The SMILES string of the molecule is N=C1C=Cc2ccc3ccc(-c4cccc(N(c5cccc(-c6ccccc6)c5)c5ccc6c(c5)oc5ccccc56)c4)cc3c2/C1=N/Nc1ccccc1. The predicted octanol–water partition coefficient (Wildman–Crippen LogP) is 13.4. The lowest BCUT2D eigenvalue weighted by molar-refractivity contribution is 0.669. The van der Waals surface area contributed by atoms with Crippen molar-refractivity contribution in [3.8, 4) is 22.3 Å². The average Bonchev–Trinajstić information content (AvgIpc) is 3.62. The highest BCUT2D eigenvalue weighted by atomic mass is 16.3. The minimum absolute atomic E-state index is 0.366. The zero-order valence-electron chi connectivity index (χ0n) is 29.8. The quantitative estimate of drug-likeness (QED) is 0.162. The van der Waals surface area contributed by atoms with E-state index in [1.165, 1.54) is 0 Å². The zero-order valence-corrected chi connectivity index (χ0v) is 29.8. The maximum atomic E-state index is 8.86. The molecule has 2 N–H and O–H groups in total. The van der Waals surface area contributed by atoms with Gasteiger partial charge in [-0.25, -0.2) is 0 Å². The highest BCUT2D eigenvalue weighted by Crippen LogP contribution is 2.41. The lowest BCUT2D eigenvalue weighted by Gasteiger charge is -2.26. The smallest absolute Gasteiger partial charge is 0.137 e. The van der Waals surface area contributed by atoms with Gasteiger partial charge in [-0.15, -0.1) is 0 Å². The van der Waals surface area contributed by atoms with E-state index < -0.39 is 0 Å². The van der Waals surface area contributed by atoms with Crippen molar-refractivity contribution in [1.29, 1.82) is 5.41 Å². The van der Waals surface area contributed by atoms with Crippen molar-refractivity contribution in [2.45, 2.75) is 0 Å². The number of nitrogens with zero attached hydrogens (tertiary/aromatic N) is 2. The van der Waals surface area contributed by atoms with E-state index in [4.69, 9.17) is 14.9 Å². The van der Waals surface area contributed by atoms with Crippen LogP contribution in [0, 0.1) is 5.41 Å². The standard InChI is InChI=1S/C50H34N4O/c51-46-28-25-35-23-21-34-22-24-38(31-45(34)49(35)50(46)53-52-39-15-5-2-6-16-39)37-14-10-18-41(30-37)54(40-17-9-13-36(29-40)33-11-3-1-4-12-33)42-26-27-44-43-19-7-8-20-47(43)55-48(44)32-42/h1-32,51-52H/b51-46?,53-50+. The summed E-state index contributed by atoms with van der Waals surface area (Å²) in [5.74, 6) is 0. The van der Waals surface area contributed by atoms with E-state index in [0.717, 1.165) is 88.8 Å². The van der Waals surface area contributed by atoms with Gasteiger partial charge in [-0.05, 0) is 105 Å². The van der Waals surface area contributed by atoms with E-state index in [1.54, 1.807) is 0 Å². The van der Waals surface area contributed by atoms with Crippen LogP contribution in [0.1, 0.15) is 11.1 Å². The van der Waals surface area contributed by atoms with Gasteiger partial charge in [0.2, 0.25) is 0 Å². The molecule has 9 aromatic rings. The van der Waals surface area contributed by atoms with Crippen molar-refractivity contribution < 1.29 is 4.42 Å². The maximum absolute atomic E-state index is 8.86. The van der Waals surface area contributed by atoms with E-state index in [1.807, 2.05) is 60.7 Å². The summed E-state index contributed by atoms with van der Waals surface area (Å²) in [6.45, 7) is 0. The summed E-state index contributed by atoms with van der Waals surface area (Å²) >= 11 is 0. The van der Waals surface area contributed by atoms with Crippen LogP contribution in [0.25, 0.3) is 61.0 Å². The number of para-hydroxylation sites is 2. The minimum atomic E-state index is 0.366. The van der Waals surface area contributed by atoms with E-state index in [-0.39, 0.29) is 0 Å². The Kier molecular flexibility index (Phi) is 7.89. The number of nitrogens with one attached hydrogen (secondary N) is 2. The molecule has 0 atom stereocenters. The van der Waals surface area contributed by atoms with Crippen LogP contribution in [0.4, 0.5) is 22.7 Å². The third-order valence-corrected chi connectivity index (χ3v) is 10.3. The first kappa shape index (κ1) is 32.2.